The van der Waals surface area contributed by atoms with Crippen molar-refractivity contribution in [3.05, 3.63) is 69.2 Å². The van der Waals surface area contributed by atoms with Gasteiger partial charge in [-0.3, -0.25) is 4.79 Å². The van der Waals surface area contributed by atoms with Crippen molar-refractivity contribution in [3.8, 4) is 0 Å². The monoisotopic (exact) mass is 464 g/mol. The summed E-state index contributed by atoms with van der Waals surface area (Å²) in [7, 11) is 0. The fourth-order valence-electron chi connectivity index (χ4n) is 2.04. The van der Waals surface area contributed by atoms with E-state index in [1.54, 1.807) is 24.4 Å². The van der Waals surface area contributed by atoms with E-state index >= 15 is 0 Å². The van der Waals surface area contributed by atoms with Crippen LogP contribution in [-0.4, -0.2) is 32.6 Å². The molecule has 0 amide bonds. The van der Waals surface area contributed by atoms with Crippen molar-refractivity contribution in [1.82, 2.24) is 14.9 Å². The number of nitrogens with one attached hydrogen (secondary N) is 1. The molecular weight excluding hydrogens is 452 g/mol. The van der Waals surface area contributed by atoms with Gasteiger partial charge in [-0.2, -0.15) is 5.10 Å². The quantitative estimate of drug-likeness (QED) is 0.181. The van der Waals surface area contributed by atoms with E-state index < -0.39 is 0 Å². The van der Waals surface area contributed by atoms with Crippen molar-refractivity contribution in [2.24, 2.45) is 5.10 Å². The van der Waals surface area contributed by atoms with E-state index in [1.165, 1.54) is 16.4 Å². The number of hydrogen-bond donors (Lipinski definition) is 2. The van der Waals surface area contributed by atoms with E-state index in [1.807, 2.05) is 30.3 Å². The van der Waals surface area contributed by atoms with Gasteiger partial charge in [0.1, 0.15) is 0 Å². The van der Waals surface area contributed by atoms with Crippen molar-refractivity contribution in [3.63, 3.8) is 0 Å². The number of nitrogens with two attached hydrogens (primary N) is 1. The molecule has 2 aromatic carbocycles. The van der Waals surface area contributed by atoms with E-state index in [2.05, 4.69) is 36.7 Å². The first kappa shape index (κ1) is 19.4. The highest BCUT2D eigenvalue weighted by atomic mass is 79.9. The van der Waals surface area contributed by atoms with Crippen LogP contribution >= 0.6 is 39.3 Å². The van der Waals surface area contributed by atoms with Crippen molar-refractivity contribution >= 4 is 57.2 Å². The molecule has 0 aliphatic heterocycles. The van der Waals surface area contributed by atoms with Gasteiger partial charge in [0.25, 0.3) is 5.95 Å². The Labute approximate surface area is 173 Å². The number of halogens is 2. The highest BCUT2D eigenvalue weighted by Gasteiger charge is 2.13. The minimum Gasteiger partial charge on any atom is -0.334 e. The highest BCUT2D eigenvalue weighted by molar-refractivity contribution is 9.10. The van der Waals surface area contributed by atoms with Crippen LogP contribution in [0.25, 0.3) is 0 Å². The molecule has 0 aliphatic carbocycles. The lowest BCUT2D eigenvalue weighted by Gasteiger charge is -2.03. The summed E-state index contributed by atoms with van der Waals surface area (Å²) in [5, 5.41) is 12.9. The Morgan fingerprint density at radius 1 is 1.26 bits per heavy atom. The summed E-state index contributed by atoms with van der Waals surface area (Å²) in [4.78, 5) is 12.2. The number of rotatable bonds is 7. The van der Waals surface area contributed by atoms with Crippen LogP contribution in [-0.2, 0) is 0 Å². The van der Waals surface area contributed by atoms with Crippen LogP contribution < -0.4 is 11.3 Å². The standard InChI is InChI=1S/C17H14BrClN6OS/c18-13-7-5-11(6-8-13)15(26)10-27-17-24-23-16(25(17)20)22-21-9-12-3-1-2-4-14(12)19/h1-9H,10,20H2,(H,22,23)/b21-9+. The van der Waals surface area contributed by atoms with Gasteiger partial charge >= 0.3 is 0 Å². The Balaban J connectivity index is 1.59. The Morgan fingerprint density at radius 3 is 2.74 bits per heavy atom. The SMILES string of the molecule is Nn1c(N/N=C/c2ccccc2Cl)nnc1SCC(=O)c1ccc(Br)cc1. The maximum Gasteiger partial charge on any atom is 0.264 e. The van der Waals surface area contributed by atoms with Crippen LogP contribution in [0.15, 0.2) is 63.3 Å². The molecular formula is C17H14BrClN6OS. The number of carbonyl (C=O) groups excluding carboxylic acids is 1. The molecule has 0 fully saturated rings. The number of ketones is 1. The van der Waals surface area contributed by atoms with E-state index in [0.717, 1.165) is 10.0 Å². The topological polar surface area (TPSA) is 98.2 Å². The molecule has 7 nitrogen and oxygen atoms in total. The predicted octanol–water partition coefficient (Wildman–Crippen LogP) is 3.83. The van der Waals surface area contributed by atoms with Gasteiger partial charge < -0.3 is 5.84 Å². The Morgan fingerprint density at radius 2 is 2.00 bits per heavy atom. The third kappa shape index (κ3) is 5.09. The molecule has 3 rings (SSSR count). The number of thioether (sulfide) groups is 1. The fourth-order valence-corrected chi connectivity index (χ4v) is 3.24. The molecule has 138 valence electrons. The molecule has 3 aromatic rings. The largest absolute Gasteiger partial charge is 0.334 e. The molecule has 10 heteroatoms. The van der Waals surface area contributed by atoms with Crippen molar-refractivity contribution in [2.75, 3.05) is 17.0 Å². The van der Waals surface area contributed by atoms with E-state index in [-0.39, 0.29) is 17.5 Å². The molecule has 0 atom stereocenters. The highest BCUT2D eigenvalue weighted by Crippen LogP contribution is 2.19. The average Bonchev–Trinajstić information content (AvgIpc) is 3.02. The van der Waals surface area contributed by atoms with Crippen molar-refractivity contribution < 1.29 is 4.79 Å². The maximum absolute atomic E-state index is 12.2. The van der Waals surface area contributed by atoms with Gasteiger partial charge in [0.05, 0.1) is 12.0 Å². The zero-order valence-corrected chi connectivity index (χ0v) is 17.0. The summed E-state index contributed by atoms with van der Waals surface area (Å²) in [6.45, 7) is 0. The predicted molar refractivity (Wildman–Crippen MR) is 112 cm³/mol. The zero-order chi connectivity index (χ0) is 19.2. The molecule has 0 spiro atoms. The lowest BCUT2D eigenvalue weighted by molar-refractivity contribution is 0.102. The summed E-state index contributed by atoms with van der Waals surface area (Å²) < 4.78 is 2.16. The molecule has 3 N–H and O–H groups in total. The van der Waals surface area contributed by atoms with Gasteiger partial charge in [-0.1, -0.05) is 69.6 Å². The number of benzene rings is 2. The normalized spacial score (nSPS) is 11.0. The summed E-state index contributed by atoms with van der Waals surface area (Å²) in [6, 6.07) is 14.5. The van der Waals surface area contributed by atoms with Gasteiger partial charge in [-0.25, -0.2) is 10.1 Å². The molecule has 0 unspecified atom stereocenters. The van der Waals surface area contributed by atoms with Crippen LogP contribution in [0.2, 0.25) is 5.02 Å². The number of hydrazone groups is 1. The molecule has 1 aromatic heterocycles. The minimum atomic E-state index is -0.0262. The number of Topliss-reactive ketones (excluding diaryl/α,β-unsaturated/α-hetero) is 1. The van der Waals surface area contributed by atoms with E-state index in [0.29, 0.717) is 15.7 Å². The summed E-state index contributed by atoms with van der Waals surface area (Å²) in [5.41, 5.74) is 4.08. The van der Waals surface area contributed by atoms with E-state index in [9.17, 15) is 4.79 Å². The first-order valence-electron chi connectivity index (χ1n) is 7.70. The molecule has 0 saturated carbocycles. The van der Waals surface area contributed by atoms with Gasteiger partial charge in [-0.05, 0) is 18.2 Å². The molecule has 27 heavy (non-hydrogen) atoms. The zero-order valence-electron chi connectivity index (χ0n) is 13.8. The van der Waals surface area contributed by atoms with Crippen LogP contribution in [0.1, 0.15) is 15.9 Å². The van der Waals surface area contributed by atoms with Gasteiger partial charge in [0, 0.05) is 20.6 Å². The van der Waals surface area contributed by atoms with Crippen molar-refractivity contribution in [1.29, 1.82) is 0 Å². The Hall–Kier alpha value is -2.36. The number of carbonyl (C=O) groups is 1. The molecule has 1 heterocycles. The van der Waals surface area contributed by atoms with Crippen LogP contribution in [0, 0.1) is 0 Å². The molecule has 0 saturated heterocycles. The Kier molecular flexibility index (Phi) is 6.49. The second-order valence-electron chi connectivity index (χ2n) is 5.29. The molecule has 0 aliphatic rings. The number of nitrogens with zero attached hydrogens (tertiary/aromatic N) is 4. The average molecular weight is 466 g/mol. The van der Waals surface area contributed by atoms with Gasteiger partial charge in [-0.15, -0.1) is 10.2 Å². The first-order chi connectivity index (χ1) is 13.0. The van der Waals surface area contributed by atoms with E-state index in [4.69, 9.17) is 17.4 Å². The summed E-state index contributed by atoms with van der Waals surface area (Å²) in [5.74, 6) is 6.36. The smallest absolute Gasteiger partial charge is 0.264 e. The second kappa shape index (κ2) is 9.03. The third-order valence-corrected chi connectivity index (χ3v) is 5.25. The third-order valence-electron chi connectivity index (χ3n) is 3.44. The van der Waals surface area contributed by atoms with Gasteiger partial charge in [0.2, 0.25) is 5.16 Å². The lowest BCUT2D eigenvalue weighted by Crippen LogP contribution is -2.14. The number of anilines is 1. The number of hydrogen-bond acceptors (Lipinski definition) is 7. The van der Waals surface area contributed by atoms with Crippen LogP contribution in [0.3, 0.4) is 0 Å². The Bertz CT molecular complexity index is 976. The lowest BCUT2D eigenvalue weighted by atomic mass is 10.2. The number of nitrogen functional groups attached to an aromatic ring is 1. The molecule has 0 bridgehead atoms. The summed E-state index contributed by atoms with van der Waals surface area (Å²) >= 11 is 10.6. The van der Waals surface area contributed by atoms with Crippen LogP contribution in [0.5, 0.6) is 0 Å². The van der Waals surface area contributed by atoms with Crippen LogP contribution in [0.4, 0.5) is 5.95 Å². The fraction of sp³-hybridized carbons (Fsp3) is 0.0588. The van der Waals surface area contributed by atoms with Crippen molar-refractivity contribution in [2.45, 2.75) is 5.16 Å². The van der Waals surface area contributed by atoms with Gasteiger partial charge in [0.15, 0.2) is 5.78 Å². The number of aromatic nitrogens is 3. The second-order valence-corrected chi connectivity index (χ2v) is 7.55. The summed E-state index contributed by atoms with van der Waals surface area (Å²) in [6.07, 6.45) is 1.56. The maximum atomic E-state index is 12.2. The minimum absolute atomic E-state index is 0.0262. The molecule has 0 radical (unpaired) electrons. The first-order valence-corrected chi connectivity index (χ1v) is 9.86.